The second-order valence-electron chi connectivity index (χ2n) is 2.86. The van der Waals surface area contributed by atoms with E-state index in [1.54, 1.807) is 0 Å². The van der Waals surface area contributed by atoms with Gasteiger partial charge in [-0.2, -0.15) is 0 Å². The molecule has 64 valence electrons. The Morgan fingerprint density at radius 1 is 1.25 bits per heavy atom. The van der Waals surface area contributed by atoms with E-state index < -0.39 is 0 Å². The van der Waals surface area contributed by atoms with Crippen molar-refractivity contribution < 1.29 is 0 Å². The predicted octanol–water partition coefficient (Wildman–Crippen LogP) is 3.71. The van der Waals surface area contributed by atoms with Crippen LogP contribution in [0.15, 0.2) is 24.3 Å². The highest BCUT2D eigenvalue weighted by atomic mass is 79.9. The van der Waals surface area contributed by atoms with Gasteiger partial charge in [0.2, 0.25) is 0 Å². The normalized spacial score (nSPS) is 10.9. The van der Waals surface area contributed by atoms with Crippen LogP contribution in [0.5, 0.6) is 0 Å². The van der Waals surface area contributed by atoms with Crippen LogP contribution in [-0.4, -0.2) is 5.33 Å². The van der Waals surface area contributed by atoms with Crippen LogP contribution in [0.4, 0.5) is 0 Å². The summed E-state index contributed by atoms with van der Waals surface area (Å²) in [5.41, 5.74) is 4.02. The SMILES string of the molecule is Cc1cccc(C)c1/C=C/CBr. The standard InChI is InChI=1S/C11H13Br/c1-9-5-3-6-10(2)11(9)7-4-8-12/h3-7H,8H2,1-2H3/b7-4+. The summed E-state index contributed by atoms with van der Waals surface area (Å²) >= 11 is 3.37. The van der Waals surface area contributed by atoms with Gasteiger partial charge in [-0.15, -0.1) is 0 Å². The summed E-state index contributed by atoms with van der Waals surface area (Å²) in [5, 5.41) is 0.917. The highest BCUT2D eigenvalue weighted by Gasteiger charge is 1.95. The molecule has 0 radical (unpaired) electrons. The van der Waals surface area contributed by atoms with Gasteiger partial charge in [0, 0.05) is 5.33 Å². The van der Waals surface area contributed by atoms with Crippen molar-refractivity contribution in [3.63, 3.8) is 0 Å². The van der Waals surface area contributed by atoms with Gasteiger partial charge in [-0.25, -0.2) is 0 Å². The van der Waals surface area contributed by atoms with Crippen LogP contribution in [0.1, 0.15) is 16.7 Å². The quantitative estimate of drug-likeness (QED) is 0.673. The highest BCUT2D eigenvalue weighted by Crippen LogP contribution is 2.14. The average molecular weight is 225 g/mol. The van der Waals surface area contributed by atoms with Crippen molar-refractivity contribution in [2.75, 3.05) is 5.33 Å². The van der Waals surface area contributed by atoms with E-state index in [1.807, 2.05) is 0 Å². The fraction of sp³-hybridized carbons (Fsp3) is 0.273. The molecule has 0 fully saturated rings. The molecule has 0 aliphatic heterocycles. The van der Waals surface area contributed by atoms with Crippen molar-refractivity contribution >= 4 is 22.0 Å². The van der Waals surface area contributed by atoms with E-state index >= 15 is 0 Å². The van der Waals surface area contributed by atoms with Crippen molar-refractivity contribution in [3.8, 4) is 0 Å². The largest absolute Gasteiger partial charge is 0.0883 e. The number of benzene rings is 1. The lowest BCUT2D eigenvalue weighted by molar-refractivity contribution is 1.35. The summed E-state index contributed by atoms with van der Waals surface area (Å²) in [5.74, 6) is 0. The van der Waals surface area contributed by atoms with Crippen LogP contribution in [0.3, 0.4) is 0 Å². The Bertz CT molecular complexity index is 267. The first-order valence-corrected chi connectivity index (χ1v) is 5.16. The molecule has 1 aromatic rings. The van der Waals surface area contributed by atoms with Crippen LogP contribution < -0.4 is 0 Å². The van der Waals surface area contributed by atoms with Crippen LogP contribution in [0, 0.1) is 13.8 Å². The summed E-state index contributed by atoms with van der Waals surface area (Å²) in [4.78, 5) is 0. The molecule has 0 aromatic heterocycles. The first-order valence-electron chi connectivity index (χ1n) is 4.04. The molecule has 0 unspecified atom stereocenters. The predicted molar refractivity (Wildman–Crippen MR) is 58.7 cm³/mol. The number of halogens is 1. The van der Waals surface area contributed by atoms with E-state index in [0.29, 0.717) is 0 Å². The lowest BCUT2D eigenvalue weighted by Gasteiger charge is -2.03. The third kappa shape index (κ3) is 2.21. The highest BCUT2D eigenvalue weighted by molar-refractivity contribution is 9.09. The van der Waals surface area contributed by atoms with Gasteiger partial charge in [0.15, 0.2) is 0 Å². The molecule has 0 aliphatic rings. The average Bonchev–Trinajstić information content (AvgIpc) is 2.04. The third-order valence-electron chi connectivity index (χ3n) is 1.92. The molecule has 0 aliphatic carbocycles. The second-order valence-corrected chi connectivity index (χ2v) is 3.51. The molecule has 1 rings (SSSR count). The van der Waals surface area contributed by atoms with Crippen molar-refractivity contribution in [2.24, 2.45) is 0 Å². The first-order chi connectivity index (χ1) is 5.75. The number of aryl methyl sites for hydroxylation is 2. The number of hydrogen-bond acceptors (Lipinski definition) is 0. The Labute approximate surface area is 82.4 Å². The third-order valence-corrected chi connectivity index (χ3v) is 2.29. The number of alkyl halides is 1. The zero-order chi connectivity index (χ0) is 8.97. The van der Waals surface area contributed by atoms with Crippen molar-refractivity contribution in [3.05, 3.63) is 41.0 Å². The maximum absolute atomic E-state index is 3.37. The molecule has 1 heteroatoms. The maximum Gasteiger partial charge on any atom is 0.0215 e. The van der Waals surface area contributed by atoms with Crippen LogP contribution >= 0.6 is 15.9 Å². The minimum atomic E-state index is 0.917. The fourth-order valence-electron chi connectivity index (χ4n) is 1.25. The van der Waals surface area contributed by atoms with Gasteiger partial charge in [0.1, 0.15) is 0 Å². The molecule has 0 atom stereocenters. The van der Waals surface area contributed by atoms with Crippen molar-refractivity contribution in [2.45, 2.75) is 13.8 Å². The van der Waals surface area contributed by atoms with E-state index in [1.165, 1.54) is 16.7 Å². The second kappa shape index (κ2) is 4.46. The zero-order valence-electron chi connectivity index (χ0n) is 7.47. The number of hydrogen-bond donors (Lipinski definition) is 0. The minimum Gasteiger partial charge on any atom is -0.0883 e. The number of rotatable bonds is 2. The van der Waals surface area contributed by atoms with Gasteiger partial charge in [-0.3, -0.25) is 0 Å². The van der Waals surface area contributed by atoms with E-state index in [0.717, 1.165) is 5.33 Å². The molecule has 0 nitrogen and oxygen atoms in total. The van der Waals surface area contributed by atoms with Gasteiger partial charge in [-0.1, -0.05) is 46.3 Å². The Morgan fingerprint density at radius 2 is 1.83 bits per heavy atom. The summed E-state index contributed by atoms with van der Waals surface area (Å²) < 4.78 is 0. The lowest BCUT2D eigenvalue weighted by Crippen LogP contribution is -1.84. The Hall–Kier alpha value is -0.560. The van der Waals surface area contributed by atoms with Gasteiger partial charge in [-0.05, 0) is 30.5 Å². The van der Waals surface area contributed by atoms with Crippen LogP contribution in [0.2, 0.25) is 0 Å². The molecule has 0 saturated carbocycles. The van der Waals surface area contributed by atoms with Gasteiger partial charge in [0.05, 0.1) is 0 Å². The molecule has 12 heavy (non-hydrogen) atoms. The van der Waals surface area contributed by atoms with Gasteiger partial charge in [0.25, 0.3) is 0 Å². The molecule has 0 N–H and O–H groups in total. The van der Waals surface area contributed by atoms with Gasteiger partial charge >= 0.3 is 0 Å². The summed E-state index contributed by atoms with van der Waals surface area (Å²) in [7, 11) is 0. The van der Waals surface area contributed by atoms with Crippen LogP contribution in [-0.2, 0) is 0 Å². The summed E-state index contributed by atoms with van der Waals surface area (Å²) in [6.45, 7) is 4.28. The van der Waals surface area contributed by atoms with Crippen molar-refractivity contribution in [1.82, 2.24) is 0 Å². The molecule has 0 heterocycles. The Kier molecular flexibility index (Phi) is 3.54. The minimum absolute atomic E-state index is 0.917. The Balaban J connectivity index is 3.04. The molecule has 1 aromatic carbocycles. The van der Waals surface area contributed by atoms with Crippen molar-refractivity contribution in [1.29, 1.82) is 0 Å². The summed E-state index contributed by atoms with van der Waals surface area (Å²) in [6.07, 6.45) is 4.29. The first kappa shape index (κ1) is 9.53. The molecular weight excluding hydrogens is 212 g/mol. The van der Waals surface area contributed by atoms with Gasteiger partial charge < -0.3 is 0 Å². The fourth-order valence-corrected chi connectivity index (χ4v) is 1.44. The molecule has 0 bridgehead atoms. The van der Waals surface area contributed by atoms with E-state index in [-0.39, 0.29) is 0 Å². The zero-order valence-corrected chi connectivity index (χ0v) is 9.06. The molecule has 0 spiro atoms. The molecule has 0 amide bonds. The van der Waals surface area contributed by atoms with E-state index in [4.69, 9.17) is 0 Å². The van der Waals surface area contributed by atoms with E-state index in [9.17, 15) is 0 Å². The molecule has 0 saturated heterocycles. The summed E-state index contributed by atoms with van der Waals surface area (Å²) in [6, 6.07) is 6.37. The monoisotopic (exact) mass is 224 g/mol. The van der Waals surface area contributed by atoms with E-state index in [2.05, 4.69) is 60.1 Å². The smallest absolute Gasteiger partial charge is 0.0215 e. The number of allylic oxidation sites excluding steroid dienone is 1. The molecular formula is C11H13Br. The Morgan fingerprint density at radius 3 is 2.33 bits per heavy atom. The van der Waals surface area contributed by atoms with Crippen LogP contribution in [0.25, 0.3) is 6.08 Å². The maximum atomic E-state index is 3.37. The lowest BCUT2D eigenvalue weighted by atomic mass is 10.0. The topological polar surface area (TPSA) is 0 Å².